The SMILES string of the molecule is Cc1cn([C@H]2C[C@H](O)[C@@H](COP(=O)(O)OP(=O)(O)O[C@@H]3CC[C@H](O)[C@H](C)O3)O2)c(=O)[nH]c1=O. The first-order valence-electron chi connectivity index (χ1n) is 9.95. The maximum absolute atomic E-state index is 12.1. The lowest BCUT2D eigenvalue weighted by Crippen LogP contribution is -2.37. The Morgan fingerprint density at radius 3 is 2.52 bits per heavy atom. The number of hydrogen-bond donors (Lipinski definition) is 5. The molecule has 0 saturated carbocycles. The van der Waals surface area contributed by atoms with E-state index in [-0.39, 0.29) is 24.8 Å². The predicted octanol–water partition coefficient (Wildman–Crippen LogP) is -0.370. The molecule has 17 heteroatoms. The molecule has 0 amide bonds. The summed E-state index contributed by atoms with van der Waals surface area (Å²) in [6.45, 7) is 2.26. The van der Waals surface area contributed by atoms with Crippen molar-refractivity contribution in [3.05, 3.63) is 32.6 Å². The Labute approximate surface area is 187 Å². The Morgan fingerprint density at radius 1 is 1.15 bits per heavy atom. The van der Waals surface area contributed by atoms with Gasteiger partial charge in [0.05, 0.1) is 24.9 Å². The molecule has 2 unspecified atom stereocenters. The van der Waals surface area contributed by atoms with Crippen molar-refractivity contribution in [1.29, 1.82) is 0 Å². The summed E-state index contributed by atoms with van der Waals surface area (Å²) in [6, 6.07) is 0. The van der Waals surface area contributed by atoms with Gasteiger partial charge in [0.1, 0.15) is 12.3 Å². The number of rotatable bonds is 8. The van der Waals surface area contributed by atoms with Gasteiger partial charge in [-0.15, -0.1) is 0 Å². The summed E-state index contributed by atoms with van der Waals surface area (Å²) in [5, 5.41) is 19.8. The van der Waals surface area contributed by atoms with Crippen molar-refractivity contribution in [1.82, 2.24) is 9.55 Å². The second kappa shape index (κ2) is 10.2. The number of phosphoric ester groups is 2. The number of phosphoric acid groups is 2. The van der Waals surface area contributed by atoms with Crippen LogP contribution in [0.2, 0.25) is 0 Å². The maximum atomic E-state index is 12.1. The molecule has 0 spiro atoms. The van der Waals surface area contributed by atoms with Crippen molar-refractivity contribution in [2.75, 3.05) is 6.61 Å². The average molecular weight is 516 g/mol. The molecule has 0 aromatic carbocycles. The molecule has 3 heterocycles. The van der Waals surface area contributed by atoms with E-state index < -0.39 is 70.4 Å². The number of nitrogens with one attached hydrogen (secondary N) is 1. The highest BCUT2D eigenvalue weighted by atomic mass is 31.3. The molecule has 1 aromatic heterocycles. The molecule has 0 aliphatic carbocycles. The van der Waals surface area contributed by atoms with Gasteiger partial charge in [-0.25, -0.2) is 13.9 Å². The van der Waals surface area contributed by atoms with Crippen molar-refractivity contribution in [3.8, 4) is 0 Å². The van der Waals surface area contributed by atoms with Crippen LogP contribution in [0.4, 0.5) is 0 Å². The molecule has 0 radical (unpaired) electrons. The van der Waals surface area contributed by atoms with Crippen LogP contribution < -0.4 is 11.2 Å². The van der Waals surface area contributed by atoms with Gasteiger partial charge in [-0.3, -0.25) is 23.4 Å². The zero-order valence-electron chi connectivity index (χ0n) is 17.7. The van der Waals surface area contributed by atoms with Crippen LogP contribution in [0.3, 0.4) is 0 Å². The van der Waals surface area contributed by atoms with Gasteiger partial charge in [0.15, 0.2) is 6.29 Å². The van der Waals surface area contributed by atoms with E-state index in [1.165, 1.54) is 20.0 Å². The summed E-state index contributed by atoms with van der Waals surface area (Å²) in [5.41, 5.74) is -1.12. The Bertz CT molecular complexity index is 1060. The standard InChI is InChI=1S/C16H26N2O13P2/c1-8-6-18(16(22)17-15(8)21)13-5-11(20)12(29-13)7-27-32(23,24)31-33(25,26)30-14-4-3-10(19)9(2)28-14/h6,9-14,19-20H,3-5,7H2,1-2H3,(H,23,24)(H,25,26)(H,17,21,22)/t9-,10-,11-,12+,13+,14+/m0/s1. The summed E-state index contributed by atoms with van der Waals surface area (Å²) >= 11 is 0. The van der Waals surface area contributed by atoms with Crippen LogP contribution in [0, 0.1) is 6.92 Å². The molecule has 188 valence electrons. The minimum Gasteiger partial charge on any atom is -0.390 e. The molecule has 2 aliphatic rings. The fourth-order valence-electron chi connectivity index (χ4n) is 3.34. The van der Waals surface area contributed by atoms with Gasteiger partial charge in [-0.1, -0.05) is 0 Å². The number of aliphatic hydroxyl groups is 2. The molecule has 8 atom stereocenters. The van der Waals surface area contributed by atoms with Crippen LogP contribution in [0.15, 0.2) is 15.8 Å². The van der Waals surface area contributed by atoms with Crippen LogP contribution in [0.1, 0.15) is 38.0 Å². The lowest BCUT2D eigenvalue weighted by Gasteiger charge is -2.32. The van der Waals surface area contributed by atoms with Crippen LogP contribution >= 0.6 is 15.6 Å². The number of aromatic nitrogens is 2. The van der Waals surface area contributed by atoms with Crippen LogP contribution in [-0.4, -0.2) is 66.9 Å². The van der Waals surface area contributed by atoms with Crippen molar-refractivity contribution >= 4 is 15.6 Å². The number of H-pyrrole nitrogens is 1. The van der Waals surface area contributed by atoms with E-state index in [4.69, 9.17) is 14.0 Å². The zero-order valence-corrected chi connectivity index (χ0v) is 19.5. The molecule has 33 heavy (non-hydrogen) atoms. The normalized spacial score (nSPS) is 34.0. The van der Waals surface area contributed by atoms with E-state index in [2.05, 4.69) is 13.8 Å². The van der Waals surface area contributed by atoms with E-state index in [9.17, 15) is 38.7 Å². The quantitative estimate of drug-likeness (QED) is 0.279. The summed E-state index contributed by atoms with van der Waals surface area (Å²) in [5.74, 6) is 0. The van der Waals surface area contributed by atoms with Gasteiger partial charge in [0.2, 0.25) is 0 Å². The summed E-state index contributed by atoms with van der Waals surface area (Å²) in [4.78, 5) is 45.1. The van der Waals surface area contributed by atoms with E-state index in [0.29, 0.717) is 0 Å². The van der Waals surface area contributed by atoms with Gasteiger partial charge in [0, 0.05) is 24.6 Å². The van der Waals surface area contributed by atoms with E-state index in [1.807, 2.05) is 0 Å². The second-order valence-electron chi connectivity index (χ2n) is 7.75. The van der Waals surface area contributed by atoms with Crippen molar-refractivity contribution in [2.24, 2.45) is 0 Å². The van der Waals surface area contributed by atoms with Crippen molar-refractivity contribution in [2.45, 2.75) is 70.0 Å². The van der Waals surface area contributed by atoms with Gasteiger partial charge in [-0.05, 0) is 20.3 Å². The molecular formula is C16H26N2O13P2. The number of hydrogen-bond acceptors (Lipinski definition) is 11. The van der Waals surface area contributed by atoms with Crippen LogP contribution in [0.5, 0.6) is 0 Å². The second-order valence-corrected chi connectivity index (χ2v) is 10.7. The van der Waals surface area contributed by atoms with Crippen LogP contribution in [-0.2, 0) is 32.0 Å². The Kier molecular flexibility index (Phi) is 8.14. The van der Waals surface area contributed by atoms with Crippen molar-refractivity contribution < 1.29 is 52.0 Å². The van der Waals surface area contributed by atoms with Crippen LogP contribution in [0.25, 0.3) is 0 Å². The minimum atomic E-state index is -5.15. The maximum Gasteiger partial charge on any atom is 0.483 e. The summed E-state index contributed by atoms with van der Waals surface area (Å²) < 4.78 is 49.6. The molecule has 2 aliphatic heterocycles. The molecular weight excluding hydrogens is 490 g/mol. The first kappa shape index (κ1) is 26.4. The molecule has 0 bridgehead atoms. The highest BCUT2D eigenvalue weighted by molar-refractivity contribution is 7.61. The smallest absolute Gasteiger partial charge is 0.390 e. The Hall–Kier alpha value is -1.22. The van der Waals surface area contributed by atoms with E-state index >= 15 is 0 Å². The molecule has 1 aromatic rings. The summed E-state index contributed by atoms with van der Waals surface area (Å²) in [7, 11) is -10.3. The lowest BCUT2D eigenvalue weighted by molar-refractivity contribution is -0.185. The third-order valence-electron chi connectivity index (χ3n) is 5.13. The lowest BCUT2D eigenvalue weighted by atomic mass is 10.1. The first-order valence-corrected chi connectivity index (χ1v) is 12.9. The fraction of sp³-hybridized carbons (Fsp3) is 0.750. The molecule has 2 saturated heterocycles. The molecule has 3 rings (SSSR count). The predicted molar refractivity (Wildman–Crippen MR) is 108 cm³/mol. The zero-order chi connectivity index (χ0) is 24.6. The highest BCUT2D eigenvalue weighted by Gasteiger charge is 2.42. The number of aromatic amines is 1. The number of aryl methyl sites for hydroxylation is 1. The number of ether oxygens (including phenoxy) is 2. The van der Waals surface area contributed by atoms with Crippen molar-refractivity contribution in [3.63, 3.8) is 0 Å². The molecule has 5 N–H and O–H groups in total. The monoisotopic (exact) mass is 516 g/mol. The highest BCUT2D eigenvalue weighted by Crippen LogP contribution is 2.61. The third kappa shape index (κ3) is 6.90. The van der Waals surface area contributed by atoms with Gasteiger partial charge in [-0.2, -0.15) is 4.31 Å². The molecule has 15 nitrogen and oxygen atoms in total. The number of aliphatic hydroxyl groups excluding tert-OH is 2. The Balaban J connectivity index is 1.56. The minimum absolute atomic E-state index is 0.0447. The topological polar surface area (TPSA) is 216 Å². The first-order chi connectivity index (χ1) is 15.3. The third-order valence-corrected chi connectivity index (χ3v) is 7.75. The van der Waals surface area contributed by atoms with Gasteiger partial charge < -0.3 is 29.5 Å². The average Bonchev–Trinajstić information content (AvgIpc) is 3.05. The van der Waals surface area contributed by atoms with E-state index in [1.54, 1.807) is 0 Å². The number of nitrogens with zero attached hydrogens (tertiary/aromatic N) is 1. The van der Waals surface area contributed by atoms with Gasteiger partial charge >= 0.3 is 21.3 Å². The molecule has 2 fully saturated rings. The summed E-state index contributed by atoms with van der Waals surface area (Å²) in [6.07, 6.45) is -4.73. The largest absolute Gasteiger partial charge is 0.483 e. The Morgan fingerprint density at radius 2 is 1.85 bits per heavy atom. The fourth-order valence-corrected chi connectivity index (χ4v) is 5.52. The van der Waals surface area contributed by atoms with E-state index in [0.717, 1.165) is 4.57 Å². The van der Waals surface area contributed by atoms with Gasteiger partial charge in [0.25, 0.3) is 5.56 Å².